The molecule has 0 radical (unpaired) electrons. The number of benzene rings is 2. The number of morpholine rings is 1. The highest BCUT2D eigenvalue weighted by Crippen LogP contribution is 2.23. The van der Waals surface area contributed by atoms with Gasteiger partial charge in [0.05, 0.1) is 17.1 Å². The lowest BCUT2D eigenvalue weighted by molar-refractivity contribution is -0.0440. The summed E-state index contributed by atoms with van der Waals surface area (Å²) in [4.78, 5) is 12.4. The van der Waals surface area contributed by atoms with E-state index in [1.165, 1.54) is 16.4 Å². The lowest BCUT2D eigenvalue weighted by Crippen LogP contribution is -2.48. The molecule has 2 aromatic rings. The summed E-state index contributed by atoms with van der Waals surface area (Å²) >= 11 is 5.90. The normalized spacial score (nSPS) is 21.0. The predicted octanol–water partition coefficient (Wildman–Crippen LogP) is 3.39. The van der Waals surface area contributed by atoms with Crippen molar-refractivity contribution in [1.29, 1.82) is 0 Å². The van der Waals surface area contributed by atoms with Crippen LogP contribution in [0.4, 0.5) is 5.69 Å². The van der Waals surface area contributed by atoms with Crippen LogP contribution < -0.4 is 5.32 Å². The molecule has 1 aliphatic heterocycles. The highest BCUT2D eigenvalue weighted by molar-refractivity contribution is 7.89. The van der Waals surface area contributed by atoms with Gasteiger partial charge in [0.1, 0.15) is 0 Å². The second-order valence-electron chi connectivity index (χ2n) is 6.57. The van der Waals surface area contributed by atoms with Crippen LogP contribution in [0.2, 0.25) is 5.02 Å². The SMILES string of the molecule is CC1CN(S(=O)(=O)c2ccc(NC(=O)c3cccc(Cl)c3)cc2)CC(C)O1. The first-order valence-corrected chi connectivity index (χ1v) is 10.4. The summed E-state index contributed by atoms with van der Waals surface area (Å²) in [6.45, 7) is 4.35. The summed E-state index contributed by atoms with van der Waals surface area (Å²) in [5.74, 6) is -0.316. The average molecular weight is 409 g/mol. The van der Waals surface area contributed by atoms with E-state index in [9.17, 15) is 13.2 Å². The van der Waals surface area contributed by atoms with E-state index < -0.39 is 10.0 Å². The van der Waals surface area contributed by atoms with Crippen molar-refractivity contribution < 1.29 is 17.9 Å². The van der Waals surface area contributed by atoms with Crippen molar-refractivity contribution in [2.75, 3.05) is 18.4 Å². The van der Waals surface area contributed by atoms with Crippen LogP contribution in [0, 0.1) is 0 Å². The number of anilines is 1. The van der Waals surface area contributed by atoms with E-state index in [4.69, 9.17) is 16.3 Å². The first-order valence-electron chi connectivity index (χ1n) is 8.58. The number of rotatable bonds is 4. The summed E-state index contributed by atoms with van der Waals surface area (Å²) in [7, 11) is -3.61. The first-order chi connectivity index (χ1) is 12.8. The lowest BCUT2D eigenvalue weighted by atomic mass is 10.2. The molecule has 2 atom stereocenters. The fraction of sp³-hybridized carbons (Fsp3) is 0.316. The fourth-order valence-corrected chi connectivity index (χ4v) is 4.80. The Bertz CT molecular complexity index is 921. The molecule has 0 spiro atoms. The van der Waals surface area contributed by atoms with Gasteiger partial charge in [-0.25, -0.2) is 8.42 Å². The monoisotopic (exact) mass is 408 g/mol. The fourth-order valence-electron chi connectivity index (χ4n) is 3.02. The maximum Gasteiger partial charge on any atom is 0.255 e. The number of nitrogens with zero attached hydrogens (tertiary/aromatic N) is 1. The Hall–Kier alpha value is -1.93. The maximum absolute atomic E-state index is 12.8. The Balaban J connectivity index is 1.74. The third-order valence-electron chi connectivity index (χ3n) is 4.22. The van der Waals surface area contributed by atoms with Crippen molar-refractivity contribution >= 4 is 33.2 Å². The van der Waals surface area contributed by atoms with E-state index in [1.54, 1.807) is 36.4 Å². The lowest BCUT2D eigenvalue weighted by Gasteiger charge is -2.34. The van der Waals surface area contributed by atoms with Gasteiger partial charge in [0.2, 0.25) is 10.0 Å². The third kappa shape index (κ3) is 4.68. The predicted molar refractivity (Wildman–Crippen MR) is 105 cm³/mol. The molecule has 6 nitrogen and oxygen atoms in total. The standard InChI is InChI=1S/C19H21ClN2O4S/c1-13-11-22(12-14(2)26-13)27(24,25)18-8-6-17(7-9-18)21-19(23)15-4-3-5-16(20)10-15/h3-10,13-14H,11-12H2,1-2H3,(H,21,23). The highest BCUT2D eigenvalue weighted by Gasteiger charge is 2.32. The molecule has 8 heteroatoms. The van der Waals surface area contributed by atoms with Crippen molar-refractivity contribution in [3.8, 4) is 0 Å². The Kier molecular flexibility index (Phi) is 5.86. The van der Waals surface area contributed by atoms with Gasteiger partial charge in [-0.15, -0.1) is 0 Å². The molecule has 144 valence electrons. The van der Waals surface area contributed by atoms with Gasteiger partial charge >= 0.3 is 0 Å². The average Bonchev–Trinajstić information content (AvgIpc) is 2.61. The molecule has 0 aromatic heterocycles. The molecule has 2 aromatic carbocycles. The number of hydrogen-bond acceptors (Lipinski definition) is 4. The van der Waals surface area contributed by atoms with Gasteiger partial charge in [-0.05, 0) is 56.3 Å². The number of sulfonamides is 1. The molecule has 2 unspecified atom stereocenters. The smallest absolute Gasteiger partial charge is 0.255 e. The van der Waals surface area contributed by atoms with E-state index in [0.717, 1.165) is 0 Å². The van der Waals surface area contributed by atoms with E-state index in [0.29, 0.717) is 29.4 Å². The minimum absolute atomic E-state index is 0.153. The number of nitrogens with one attached hydrogen (secondary N) is 1. The summed E-state index contributed by atoms with van der Waals surface area (Å²) in [5, 5.41) is 3.20. The van der Waals surface area contributed by atoms with Crippen LogP contribution in [0.3, 0.4) is 0 Å². The molecule has 1 heterocycles. The minimum Gasteiger partial charge on any atom is -0.373 e. The summed E-state index contributed by atoms with van der Waals surface area (Å²) in [6, 6.07) is 12.7. The van der Waals surface area contributed by atoms with E-state index in [-0.39, 0.29) is 23.0 Å². The molecule has 0 aliphatic carbocycles. The second kappa shape index (κ2) is 7.98. The van der Waals surface area contributed by atoms with Gasteiger partial charge in [0.25, 0.3) is 5.91 Å². The van der Waals surface area contributed by atoms with E-state index in [1.807, 2.05) is 13.8 Å². The molecule has 1 amide bonds. The van der Waals surface area contributed by atoms with Gasteiger partial charge in [0, 0.05) is 29.4 Å². The van der Waals surface area contributed by atoms with Crippen molar-refractivity contribution in [3.05, 3.63) is 59.1 Å². The number of ether oxygens (including phenoxy) is 1. The minimum atomic E-state index is -3.61. The zero-order valence-electron chi connectivity index (χ0n) is 15.1. The summed E-state index contributed by atoms with van der Waals surface area (Å²) in [5.41, 5.74) is 0.929. The summed E-state index contributed by atoms with van der Waals surface area (Å²) < 4.78 is 32.7. The molecule has 1 N–H and O–H groups in total. The van der Waals surface area contributed by atoms with Crippen LogP contribution in [0.5, 0.6) is 0 Å². The quantitative estimate of drug-likeness (QED) is 0.841. The largest absolute Gasteiger partial charge is 0.373 e. The second-order valence-corrected chi connectivity index (χ2v) is 8.94. The van der Waals surface area contributed by atoms with Crippen molar-refractivity contribution in [2.45, 2.75) is 31.0 Å². The number of amides is 1. The Morgan fingerprint density at radius 1 is 1.11 bits per heavy atom. The number of hydrogen-bond donors (Lipinski definition) is 1. The van der Waals surface area contributed by atoms with Crippen LogP contribution in [-0.4, -0.2) is 43.9 Å². The molecule has 3 rings (SSSR count). The zero-order valence-corrected chi connectivity index (χ0v) is 16.6. The van der Waals surface area contributed by atoms with Crippen LogP contribution in [0.15, 0.2) is 53.4 Å². The van der Waals surface area contributed by atoms with Gasteiger partial charge in [-0.1, -0.05) is 17.7 Å². The molecular formula is C19H21ClN2O4S. The van der Waals surface area contributed by atoms with Gasteiger partial charge in [0.15, 0.2) is 0 Å². The third-order valence-corrected chi connectivity index (χ3v) is 6.30. The first kappa shape index (κ1) is 19.8. The van der Waals surface area contributed by atoms with Crippen LogP contribution in [0.25, 0.3) is 0 Å². The zero-order chi connectivity index (χ0) is 19.6. The maximum atomic E-state index is 12.8. The topological polar surface area (TPSA) is 75.7 Å². The number of carbonyl (C=O) groups is 1. The Morgan fingerprint density at radius 3 is 2.33 bits per heavy atom. The molecule has 27 heavy (non-hydrogen) atoms. The van der Waals surface area contributed by atoms with Crippen molar-refractivity contribution in [1.82, 2.24) is 4.31 Å². The van der Waals surface area contributed by atoms with E-state index >= 15 is 0 Å². The Labute approximate surface area is 164 Å². The number of carbonyl (C=O) groups excluding carboxylic acids is 1. The molecular weight excluding hydrogens is 388 g/mol. The van der Waals surface area contributed by atoms with Crippen LogP contribution in [0.1, 0.15) is 24.2 Å². The van der Waals surface area contributed by atoms with Crippen molar-refractivity contribution in [2.24, 2.45) is 0 Å². The van der Waals surface area contributed by atoms with Crippen LogP contribution >= 0.6 is 11.6 Å². The molecule has 1 fully saturated rings. The van der Waals surface area contributed by atoms with Gasteiger partial charge in [-0.3, -0.25) is 4.79 Å². The van der Waals surface area contributed by atoms with Crippen molar-refractivity contribution in [3.63, 3.8) is 0 Å². The molecule has 1 saturated heterocycles. The van der Waals surface area contributed by atoms with Gasteiger partial charge in [-0.2, -0.15) is 4.31 Å². The van der Waals surface area contributed by atoms with E-state index in [2.05, 4.69) is 5.32 Å². The Morgan fingerprint density at radius 2 is 1.74 bits per heavy atom. The molecule has 0 saturated carbocycles. The molecule has 1 aliphatic rings. The molecule has 0 bridgehead atoms. The van der Waals surface area contributed by atoms with Gasteiger partial charge < -0.3 is 10.1 Å². The number of halogens is 1. The van der Waals surface area contributed by atoms with Crippen LogP contribution in [-0.2, 0) is 14.8 Å². The summed E-state index contributed by atoms with van der Waals surface area (Å²) in [6.07, 6.45) is -0.306. The highest BCUT2D eigenvalue weighted by atomic mass is 35.5.